The van der Waals surface area contributed by atoms with Crippen molar-refractivity contribution in [1.82, 2.24) is 9.80 Å². The largest absolute Gasteiger partial charge is 0.492 e. The number of nitrogens with zero attached hydrogens (tertiary/aromatic N) is 2. The Bertz CT molecular complexity index is 1750. The van der Waals surface area contributed by atoms with Crippen LogP contribution in [0, 0.1) is 0 Å². The van der Waals surface area contributed by atoms with E-state index in [4.69, 9.17) is 54.8 Å². The lowest BCUT2D eigenvalue weighted by Gasteiger charge is -2.26. The molecule has 2 saturated heterocycles. The number of fused-ring (bicyclic) bond motifs is 1. The van der Waals surface area contributed by atoms with E-state index < -0.39 is 23.9 Å². The lowest BCUT2D eigenvalue weighted by molar-refractivity contribution is -0.159. The maximum Gasteiger partial charge on any atom is 0.414 e. The number of benzene rings is 3. The van der Waals surface area contributed by atoms with Crippen LogP contribution in [0.5, 0.6) is 11.5 Å². The zero-order valence-corrected chi connectivity index (χ0v) is 30.4. The van der Waals surface area contributed by atoms with Gasteiger partial charge in [0.2, 0.25) is 0 Å². The highest BCUT2D eigenvalue weighted by Gasteiger charge is 2.16. The molecule has 53 heavy (non-hydrogen) atoms. The fourth-order valence-electron chi connectivity index (χ4n) is 6.11. The van der Waals surface area contributed by atoms with Gasteiger partial charge in [0.1, 0.15) is 24.7 Å². The summed E-state index contributed by atoms with van der Waals surface area (Å²) in [5.41, 5.74) is 11.0. The van der Waals surface area contributed by atoms with Gasteiger partial charge in [-0.05, 0) is 128 Å². The zero-order chi connectivity index (χ0) is 38.2. The van der Waals surface area contributed by atoms with Crippen molar-refractivity contribution >= 4 is 45.3 Å². The van der Waals surface area contributed by atoms with Gasteiger partial charge in [0.25, 0.3) is 0 Å². The van der Waals surface area contributed by atoms with E-state index in [1.165, 1.54) is 95.5 Å². The first-order valence-electron chi connectivity index (χ1n) is 17.6. The predicted octanol–water partition coefficient (Wildman–Crippen LogP) is 5.27. The molecule has 13 nitrogen and oxygen atoms in total. The summed E-state index contributed by atoms with van der Waals surface area (Å²) in [5.74, 6) is -5.40. The molecular weight excluding hydrogens is 703 g/mol. The number of rotatable bonds is 12. The van der Waals surface area contributed by atoms with Crippen molar-refractivity contribution in [1.29, 1.82) is 0 Å². The Morgan fingerprint density at radius 2 is 1.08 bits per heavy atom. The standard InChI is InChI=1S/C35H43N3O2S.2C2H2O4/c36-26-28-8-15-32-33(24-27-6-11-30(12-7-27)39-22-20-37-16-2-1-3-17-37)35(41-34(32)25-28)29-9-13-31(14-10-29)40-23-21-38-18-4-5-19-38;2*3-1(4)2(5)6/h6-15,25H,1-5,16-24,26,36H2;2*(H,3,4)(H,5,6). The van der Waals surface area contributed by atoms with E-state index in [1.807, 2.05) is 11.3 Å². The summed E-state index contributed by atoms with van der Waals surface area (Å²) in [7, 11) is 0. The highest BCUT2D eigenvalue weighted by Crippen LogP contribution is 2.41. The van der Waals surface area contributed by atoms with Crippen molar-refractivity contribution in [3.63, 3.8) is 0 Å². The Kier molecular flexibility index (Phi) is 16.0. The van der Waals surface area contributed by atoms with Gasteiger partial charge in [0.15, 0.2) is 0 Å². The van der Waals surface area contributed by atoms with E-state index in [9.17, 15) is 0 Å². The quantitative estimate of drug-likeness (QED) is 0.118. The molecule has 14 heteroatoms. The number of carbonyl (C=O) groups is 4. The van der Waals surface area contributed by atoms with Crippen LogP contribution in [-0.4, -0.2) is 107 Å². The van der Waals surface area contributed by atoms with Gasteiger partial charge in [-0.15, -0.1) is 11.3 Å². The average molecular weight is 750 g/mol. The first-order chi connectivity index (χ1) is 25.5. The summed E-state index contributed by atoms with van der Waals surface area (Å²) in [6.07, 6.45) is 7.51. The number of likely N-dealkylation sites (tertiary alicyclic amines) is 2. The number of piperidine rings is 1. The Morgan fingerprint density at radius 3 is 1.55 bits per heavy atom. The maximum absolute atomic E-state index is 9.10. The van der Waals surface area contributed by atoms with E-state index in [2.05, 4.69) is 76.5 Å². The fourth-order valence-corrected chi connectivity index (χ4v) is 7.41. The third-order valence-corrected chi connectivity index (χ3v) is 10.1. The molecule has 0 radical (unpaired) electrons. The van der Waals surface area contributed by atoms with Crippen LogP contribution in [0.2, 0.25) is 0 Å². The van der Waals surface area contributed by atoms with Crippen LogP contribution in [0.1, 0.15) is 48.8 Å². The van der Waals surface area contributed by atoms with Gasteiger partial charge < -0.3 is 35.6 Å². The Hall–Kier alpha value is -5.02. The van der Waals surface area contributed by atoms with Gasteiger partial charge in [-0.3, -0.25) is 9.80 Å². The number of thiophene rings is 1. The Morgan fingerprint density at radius 1 is 0.623 bits per heavy atom. The van der Waals surface area contributed by atoms with Crippen molar-refractivity contribution in [2.75, 3.05) is 52.5 Å². The maximum atomic E-state index is 9.10. The highest BCUT2D eigenvalue weighted by molar-refractivity contribution is 7.22. The molecule has 0 unspecified atom stereocenters. The molecule has 284 valence electrons. The third-order valence-electron chi connectivity index (χ3n) is 8.88. The van der Waals surface area contributed by atoms with E-state index >= 15 is 0 Å². The monoisotopic (exact) mass is 749 g/mol. The van der Waals surface area contributed by atoms with Crippen molar-refractivity contribution in [3.8, 4) is 21.9 Å². The van der Waals surface area contributed by atoms with Crippen molar-refractivity contribution in [2.24, 2.45) is 5.73 Å². The average Bonchev–Trinajstić information content (AvgIpc) is 3.81. The number of hydrogen-bond donors (Lipinski definition) is 5. The lowest BCUT2D eigenvalue weighted by Crippen LogP contribution is -2.33. The van der Waals surface area contributed by atoms with Gasteiger partial charge in [0, 0.05) is 29.2 Å². The number of aliphatic carboxylic acids is 4. The van der Waals surface area contributed by atoms with Gasteiger partial charge in [-0.1, -0.05) is 30.7 Å². The molecule has 6 rings (SSSR count). The second-order valence-corrected chi connectivity index (χ2v) is 13.7. The molecule has 0 spiro atoms. The van der Waals surface area contributed by atoms with Crippen molar-refractivity contribution in [2.45, 2.75) is 45.1 Å². The van der Waals surface area contributed by atoms with Gasteiger partial charge >= 0.3 is 23.9 Å². The summed E-state index contributed by atoms with van der Waals surface area (Å²) >= 11 is 1.86. The first kappa shape index (κ1) is 40.7. The smallest absolute Gasteiger partial charge is 0.414 e. The van der Waals surface area contributed by atoms with Crippen molar-refractivity contribution < 1.29 is 49.1 Å². The SMILES string of the molecule is NCc1ccc2c(Cc3ccc(OCCN4CCCCC4)cc3)c(-c3ccc(OCCN4CCCC4)cc3)sc2c1.O=C(O)C(=O)O.O=C(O)C(=O)O. The zero-order valence-electron chi connectivity index (χ0n) is 29.6. The van der Waals surface area contributed by atoms with Gasteiger partial charge in [-0.25, -0.2) is 19.2 Å². The lowest BCUT2D eigenvalue weighted by atomic mass is 9.98. The second kappa shape index (κ2) is 20.9. The third kappa shape index (κ3) is 13.2. The molecule has 3 heterocycles. The summed E-state index contributed by atoms with van der Waals surface area (Å²) in [4.78, 5) is 42.7. The number of ether oxygens (including phenoxy) is 2. The first-order valence-corrected chi connectivity index (χ1v) is 18.4. The molecule has 6 N–H and O–H groups in total. The van der Waals surface area contributed by atoms with Crippen LogP contribution in [0.3, 0.4) is 0 Å². The topological polar surface area (TPSA) is 200 Å². The molecule has 2 fully saturated rings. The van der Waals surface area contributed by atoms with Crippen LogP contribution < -0.4 is 15.2 Å². The fraction of sp³-hybridized carbons (Fsp3) is 0.385. The minimum atomic E-state index is -1.82. The van der Waals surface area contributed by atoms with Crippen LogP contribution in [-0.2, 0) is 32.1 Å². The second-order valence-electron chi connectivity index (χ2n) is 12.7. The summed E-state index contributed by atoms with van der Waals surface area (Å²) in [6, 6.07) is 24.0. The van der Waals surface area contributed by atoms with E-state index in [0.29, 0.717) is 6.54 Å². The number of nitrogens with two attached hydrogens (primary N) is 1. The molecule has 4 aromatic rings. The van der Waals surface area contributed by atoms with Crippen LogP contribution in [0.4, 0.5) is 0 Å². The molecular formula is C39H47N3O10S. The summed E-state index contributed by atoms with van der Waals surface area (Å²) < 4.78 is 13.5. The number of carboxylic acids is 4. The Labute approximate surface area is 312 Å². The molecule has 3 aromatic carbocycles. The van der Waals surface area contributed by atoms with E-state index in [1.54, 1.807) is 0 Å². The molecule has 2 aliphatic heterocycles. The molecule has 1 aromatic heterocycles. The van der Waals surface area contributed by atoms with Gasteiger partial charge in [-0.2, -0.15) is 0 Å². The van der Waals surface area contributed by atoms with E-state index in [-0.39, 0.29) is 0 Å². The minimum absolute atomic E-state index is 0.557. The molecule has 0 aliphatic carbocycles. The van der Waals surface area contributed by atoms with Crippen LogP contribution in [0.15, 0.2) is 66.7 Å². The molecule has 0 atom stereocenters. The molecule has 0 amide bonds. The van der Waals surface area contributed by atoms with E-state index in [0.717, 1.165) is 44.2 Å². The van der Waals surface area contributed by atoms with Crippen LogP contribution in [0.25, 0.3) is 20.5 Å². The molecule has 2 aliphatic rings. The Balaban J connectivity index is 0.000000453. The number of carboxylic acid groups (broad SMARTS) is 4. The summed E-state index contributed by atoms with van der Waals surface area (Å²) in [5, 5.41) is 30.9. The molecule has 0 saturated carbocycles. The van der Waals surface area contributed by atoms with Crippen molar-refractivity contribution in [3.05, 3.63) is 83.4 Å². The highest BCUT2D eigenvalue weighted by atomic mass is 32.1. The van der Waals surface area contributed by atoms with Gasteiger partial charge in [0.05, 0.1) is 0 Å². The number of hydrogen-bond acceptors (Lipinski definition) is 10. The summed E-state index contributed by atoms with van der Waals surface area (Å²) in [6.45, 7) is 8.90. The molecule has 0 bridgehead atoms. The van der Waals surface area contributed by atoms with Crippen LogP contribution >= 0.6 is 11.3 Å². The predicted molar refractivity (Wildman–Crippen MR) is 202 cm³/mol. The minimum Gasteiger partial charge on any atom is -0.492 e. The normalized spacial score (nSPS) is 14.4.